The molecule has 1 aromatic rings. The Bertz CT molecular complexity index is 451. The van der Waals surface area contributed by atoms with Gasteiger partial charge in [-0.2, -0.15) is 0 Å². The average Bonchev–Trinajstić information content (AvgIpc) is 2.30. The van der Waals surface area contributed by atoms with Crippen molar-refractivity contribution in [3.63, 3.8) is 0 Å². The number of esters is 2. The van der Waals surface area contributed by atoms with Crippen LogP contribution < -0.4 is 4.74 Å². The lowest BCUT2D eigenvalue weighted by atomic mass is 10.1. The van der Waals surface area contributed by atoms with Crippen LogP contribution in [0.2, 0.25) is 0 Å². The van der Waals surface area contributed by atoms with Gasteiger partial charge >= 0.3 is 11.9 Å². The Morgan fingerprint density at radius 2 is 1.79 bits per heavy atom. The molecular formula is C15H20O4. The number of hydrogen-bond donors (Lipinski definition) is 0. The molecule has 0 N–H and O–H groups in total. The number of carbonyl (C=O) groups excluding carboxylic acids is 2. The molecule has 0 heterocycles. The molecule has 0 aliphatic heterocycles. The lowest BCUT2D eigenvalue weighted by Crippen LogP contribution is -2.21. The summed E-state index contributed by atoms with van der Waals surface area (Å²) in [6.07, 6.45) is -0.0334. The van der Waals surface area contributed by atoms with Crippen molar-refractivity contribution < 1.29 is 19.1 Å². The molecule has 0 amide bonds. The third kappa shape index (κ3) is 5.12. The van der Waals surface area contributed by atoms with Crippen LogP contribution in [0.3, 0.4) is 0 Å². The summed E-state index contributed by atoms with van der Waals surface area (Å²) in [6.45, 7) is 7.17. The van der Waals surface area contributed by atoms with Gasteiger partial charge < -0.3 is 9.47 Å². The summed E-state index contributed by atoms with van der Waals surface area (Å²) in [5.41, 5.74) is 0.652. The maximum Gasteiger partial charge on any atom is 0.310 e. The van der Waals surface area contributed by atoms with E-state index in [1.54, 1.807) is 24.3 Å². The third-order valence-electron chi connectivity index (χ3n) is 2.82. The summed E-state index contributed by atoms with van der Waals surface area (Å²) >= 11 is 0. The Labute approximate surface area is 113 Å². The maximum absolute atomic E-state index is 11.8. The lowest BCUT2D eigenvalue weighted by Gasteiger charge is -2.17. The highest BCUT2D eigenvalue weighted by molar-refractivity contribution is 5.75. The van der Waals surface area contributed by atoms with Gasteiger partial charge in [0.05, 0.1) is 6.42 Å². The van der Waals surface area contributed by atoms with Gasteiger partial charge in [-0.15, -0.1) is 0 Å². The van der Waals surface area contributed by atoms with Crippen LogP contribution in [0.5, 0.6) is 5.75 Å². The molecule has 4 heteroatoms. The first-order chi connectivity index (χ1) is 8.90. The van der Waals surface area contributed by atoms with Crippen LogP contribution >= 0.6 is 0 Å². The summed E-state index contributed by atoms with van der Waals surface area (Å²) in [7, 11) is 0. The summed E-state index contributed by atoms with van der Waals surface area (Å²) in [4.78, 5) is 22.8. The van der Waals surface area contributed by atoms with Gasteiger partial charge in [-0.1, -0.05) is 32.0 Å². The topological polar surface area (TPSA) is 52.6 Å². The van der Waals surface area contributed by atoms with Gasteiger partial charge in [-0.25, -0.2) is 0 Å². The van der Waals surface area contributed by atoms with Crippen molar-refractivity contribution in [2.24, 2.45) is 5.92 Å². The van der Waals surface area contributed by atoms with Crippen molar-refractivity contribution in [3.8, 4) is 5.75 Å². The van der Waals surface area contributed by atoms with Gasteiger partial charge in [0, 0.05) is 12.5 Å². The van der Waals surface area contributed by atoms with Crippen LogP contribution in [0.4, 0.5) is 0 Å². The molecule has 0 saturated heterocycles. The van der Waals surface area contributed by atoms with Crippen molar-refractivity contribution >= 4 is 11.9 Å². The molecule has 0 aromatic heterocycles. The van der Waals surface area contributed by atoms with Gasteiger partial charge in [0.2, 0.25) is 0 Å². The second-order valence-electron chi connectivity index (χ2n) is 4.82. The number of para-hydroxylation sites is 1. The third-order valence-corrected chi connectivity index (χ3v) is 2.82. The predicted octanol–water partition coefficient (Wildman–Crippen LogP) is 2.74. The van der Waals surface area contributed by atoms with Crippen molar-refractivity contribution in [1.29, 1.82) is 0 Å². The van der Waals surface area contributed by atoms with Crippen molar-refractivity contribution in [2.45, 2.75) is 40.2 Å². The lowest BCUT2D eigenvalue weighted by molar-refractivity contribution is -0.149. The van der Waals surface area contributed by atoms with Crippen LogP contribution in [0, 0.1) is 5.92 Å². The van der Waals surface area contributed by atoms with Gasteiger partial charge in [-0.3, -0.25) is 9.59 Å². The zero-order chi connectivity index (χ0) is 14.4. The second kappa shape index (κ2) is 6.92. The van der Waals surface area contributed by atoms with E-state index in [1.807, 2.05) is 20.8 Å². The van der Waals surface area contributed by atoms with Crippen molar-refractivity contribution in [3.05, 3.63) is 29.8 Å². The molecule has 1 unspecified atom stereocenters. The van der Waals surface area contributed by atoms with Gasteiger partial charge in [0.15, 0.2) is 0 Å². The average molecular weight is 264 g/mol. The van der Waals surface area contributed by atoms with Crippen LogP contribution in [0.15, 0.2) is 24.3 Å². The Balaban J connectivity index is 2.71. The van der Waals surface area contributed by atoms with E-state index in [0.29, 0.717) is 11.3 Å². The Kier molecular flexibility index (Phi) is 5.55. The molecule has 0 aliphatic carbocycles. The number of carbonyl (C=O) groups is 2. The predicted molar refractivity (Wildman–Crippen MR) is 71.8 cm³/mol. The summed E-state index contributed by atoms with van der Waals surface area (Å²) < 4.78 is 10.3. The quantitative estimate of drug-likeness (QED) is 0.606. The molecular weight excluding hydrogens is 244 g/mol. The van der Waals surface area contributed by atoms with E-state index < -0.39 is 5.97 Å². The summed E-state index contributed by atoms with van der Waals surface area (Å²) in [5, 5.41) is 0. The van der Waals surface area contributed by atoms with Gasteiger partial charge in [-0.05, 0) is 18.9 Å². The first kappa shape index (κ1) is 15.2. The normalized spacial score (nSPS) is 12.1. The minimum Gasteiger partial charge on any atom is -0.462 e. The molecule has 19 heavy (non-hydrogen) atoms. The SMILES string of the molecule is CC(=O)Oc1ccccc1CC(=O)OC(C)C(C)C. The molecule has 0 bridgehead atoms. The Morgan fingerprint density at radius 3 is 2.37 bits per heavy atom. The van der Waals surface area contributed by atoms with E-state index >= 15 is 0 Å². The smallest absolute Gasteiger partial charge is 0.310 e. The van der Waals surface area contributed by atoms with Crippen LogP contribution in [-0.2, 0) is 20.7 Å². The highest BCUT2D eigenvalue weighted by Crippen LogP contribution is 2.19. The molecule has 1 atom stereocenters. The van der Waals surface area contributed by atoms with Crippen molar-refractivity contribution in [1.82, 2.24) is 0 Å². The molecule has 0 fully saturated rings. The van der Waals surface area contributed by atoms with Gasteiger partial charge in [0.1, 0.15) is 11.9 Å². The molecule has 0 aliphatic rings. The van der Waals surface area contributed by atoms with Gasteiger partial charge in [0.25, 0.3) is 0 Å². The fourth-order valence-corrected chi connectivity index (χ4v) is 1.44. The zero-order valence-corrected chi connectivity index (χ0v) is 11.8. The second-order valence-corrected chi connectivity index (χ2v) is 4.82. The fraction of sp³-hybridized carbons (Fsp3) is 0.467. The van der Waals surface area contributed by atoms with E-state index in [1.165, 1.54) is 6.92 Å². The number of hydrogen-bond acceptors (Lipinski definition) is 4. The molecule has 1 aromatic carbocycles. The number of benzene rings is 1. The standard InChI is InChI=1S/C15H20O4/c1-10(2)11(3)18-15(17)9-13-7-5-6-8-14(13)19-12(4)16/h5-8,10-11H,9H2,1-4H3. The monoisotopic (exact) mass is 264 g/mol. The van der Waals surface area contributed by atoms with E-state index in [9.17, 15) is 9.59 Å². The van der Waals surface area contributed by atoms with E-state index in [-0.39, 0.29) is 24.4 Å². The van der Waals surface area contributed by atoms with E-state index in [2.05, 4.69) is 0 Å². The number of rotatable bonds is 5. The maximum atomic E-state index is 11.8. The minimum absolute atomic E-state index is 0.0977. The molecule has 0 radical (unpaired) electrons. The van der Waals surface area contributed by atoms with E-state index in [4.69, 9.17) is 9.47 Å². The molecule has 1 rings (SSSR count). The van der Waals surface area contributed by atoms with E-state index in [0.717, 1.165) is 0 Å². The molecule has 0 saturated carbocycles. The zero-order valence-electron chi connectivity index (χ0n) is 11.8. The first-order valence-electron chi connectivity index (χ1n) is 6.36. The largest absolute Gasteiger partial charge is 0.462 e. The highest BCUT2D eigenvalue weighted by Gasteiger charge is 2.15. The first-order valence-corrected chi connectivity index (χ1v) is 6.36. The van der Waals surface area contributed by atoms with Crippen LogP contribution in [0.25, 0.3) is 0 Å². The number of ether oxygens (including phenoxy) is 2. The van der Waals surface area contributed by atoms with Crippen LogP contribution in [0.1, 0.15) is 33.3 Å². The van der Waals surface area contributed by atoms with Crippen LogP contribution in [-0.4, -0.2) is 18.0 Å². The Morgan fingerprint density at radius 1 is 1.16 bits per heavy atom. The fourth-order valence-electron chi connectivity index (χ4n) is 1.44. The highest BCUT2D eigenvalue weighted by atomic mass is 16.5. The summed E-state index contributed by atoms with van der Waals surface area (Å²) in [5.74, 6) is -0.0472. The molecule has 0 spiro atoms. The summed E-state index contributed by atoms with van der Waals surface area (Å²) in [6, 6.07) is 6.96. The Hall–Kier alpha value is -1.84. The minimum atomic E-state index is -0.406. The molecule has 4 nitrogen and oxygen atoms in total. The van der Waals surface area contributed by atoms with Crippen molar-refractivity contribution in [2.75, 3.05) is 0 Å². The molecule has 104 valence electrons.